The molecule has 1 amide bonds. The lowest BCUT2D eigenvalue weighted by atomic mass is 10.1. The molecule has 0 saturated heterocycles. The van der Waals surface area contributed by atoms with E-state index in [1.807, 2.05) is 13.0 Å². The van der Waals surface area contributed by atoms with E-state index in [4.69, 9.17) is 11.6 Å². The first-order chi connectivity index (χ1) is 9.54. The third kappa shape index (κ3) is 3.87. The quantitative estimate of drug-likeness (QED) is 0.838. The fourth-order valence-electron chi connectivity index (χ4n) is 1.65. The third-order valence-corrected chi connectivity index (χ3v) is 2.99. The van der Waals surface area contributed by atoms with E-state index in [-0.39, 0.29) is 11.7 Å². The first-order valence-corrected chi connectivity index (χ1v) is 6.46. The van der Waals surface area contributed by atoms with E-state index in [2.05, 4.69) is 5.32 Å². The first kappa shape index (κ1) is 14.2. The van der Waals surface area contributed by atoms with Gasteiger partial charge in [0.25, 0.3) is 0 Å². The Labute approximate surface area is 122 Å². The third-order valence-electron chi connectivity index (χ3n) is 2.75. The number of amides is 1. The molecule has 0 unspecified atom stereocenters. The zero-order chi connectivity index (χ0) is 14.5. The maximum absolute atomic E-state index is 11.7. The van der Waals surface area contributed by atoms with Gasteiger partial charge in [0.05, 0.1) is 0 Å². The summed E-state index contributed by atoms with van der Waals surface area (Å²) in [5, 5.41) is 12.9. The largest absolute Gasteiger partial charge is 0.508 e. The van der Waals surface area contributed by atoms with Crippen molar-refractivity contribution in [2.45, 2.75) is 6.92 Å². The van der Waals surface area contributed by atoms with Crippen LogP contribution < -0.4 is 5.32 Å². The maximum Gasteiger partial charge on any atom is 0.248 e. The number of phenols is 1. The lowest BCUT2D eigenvalue weighted by Crippen LogP contribution is -2.07. The summed E-state index contributed by atoms with van der Waals surface area (Å²) in [6, 6.07) is 12.2. The van der Waals surface area contributed by atoms with Gasteiger partial charge >= 0.3 is 0 Å². The van der Waals surface area contributed by atoms with Crippen molar-refractivity contribution >= 4 is 29.3 Å². The van der Waals surface area contributed by atoms with Gasteiger partial charge in [0.15, 0.2) is 0 Å². The predicted molar refractivity (Wildman–Crippen MR) is 82.0 cm³/mol. The van der Waals surface area contributed by atoms with Gasteiger partial charge < -0.3 is 10.4 Å². The molecule has 2 rings (SSSR count). The molecule has 0 aromatic heterocycles. The second kappa shape index (κ2) is 6.26. The SMILES string of the molecule is Cc1ccc(/C=C/C(=O)Nc2cccc(Cl)c2)cc1O. The van der Waals surface area contributed by atoms with E-state index in [0.717, 1.165) is 11.1 Å². The van der Waals surface area contributed by atoms with Crippen LogP contribution >= 0.6 is 11.6 Å². The van der Waals surface area contributed by atoms with Gasteiger partial charge in [0.1, 0.15) is 5.75 Å². The average Bonchev–Trinajstić information content (AvgIpc) is 2.40. The van der Waals surface area contributed by atoms with E-state index >= 15 is 0 Å². The Bertz CT molecular complexity index is 665. The van der Waals surface area contributed by atoms with E-state index in [9.17, 15) is 9.90 Å². The number of aromatic hydroxyl groups is 1. The van der Waals surface area contributed by atoms with Crippen LogP contribution in [0, 0.1) is 6.92 Å². The second-order valence-electron chi connectivity index (χ2n) is 4.38. The Morgan fingerprint density at radius 3 is 2.75 bits per heavy atom. The maximum atomic E-state index is 11.7. The molecule has 4 heteroatoms. The van der Waals surface area contributed by atoms with Crippen LogP contribution in [0.2, 0.25) is 5.02 Å². The Kier molecular flexibility index (Phi) is 4.43. The summed E-state index contributed by atoms with van der Waals surface area (Å²) in [5.41, 5.74) is 2.19. The molecule has 0 atom stereocenters. The number of anilines is 1. The summed E-state index contributed by atoms with van der Waals surface area (Å²) < 4.78 is 0. The van der Waals surface area contributed by atoms with Crippen LogP contribution in [0.25, 0.3) is 6.08 Å². The lowest BCUT2D eigenvalue weighted by Gasteiger charge is -2.02. The molecule has 2 N–H and O–H groups in total. The van der Waals surface area contributed by atoms with Gasteiger partial charge in [-0.05, 0) is 48.4 Å². The lowest BCUT2D eigenvalue weighted by molar-refractivity contribution is -0.111. The van der Waals surface area contributed by atoms with Crippen molar-refractivity contribution in [3.8, 4) is 5.75 Å². The van der Waals surface area contributed by atoms with Crippen LogP contribution in [0.3, 0.4) is 0 Å². The highest BCUT2D eigenvalue weighted by atomic mass is 35.5. The molecule has 0 aliphatic rings. The molecule has 102 valence electrons. The van der Waals surface area contributed by atoms with Gasteiger partial charge in [-0.2, -0.15) is 0 Å². The highest BCUT2D eigenvalue weighted by molar-refractivity contribution is 6.30. The molecule has 0 heterocycles. The van der Waals surface area contributed by atoms with E-state index in [1.54, 1.807) is 42.5 Å². The molecule has 20 heavy (non-hydrogen) atoms. The van der Waals surface area contributed by atoms with Gasteiger partial charge in [-0.3, -0.25) is 4.79 Å². The van der Waals surface area contributed by atoms with Crippen molar-refractivity contribution in [2.24, 2.45) is 0 Å². The summed E-state index contributed by atoms with van der Waals surface area (Å²) >= 11 is 5.84. The van der Waals surface area contributed by atoms with Crippen LogP contribution in [0.1, 0.15) is 11.1 Å². The Morgan fingerprint density at radius 1 is 1.25 bits per heavy atom. The van der Waals surface area contributed by atoms with Gasteiger partial charge in [-0.25, -0.2) is 0 Å². The first-order valence-electron chi connectivity index (χ1n) is 6.09. The van der Waals surface area contributed by atoms with E-state index in [1.165, 1.54) is 6.08 Å². The summed E-state index contributed by atoms with van der Waals surface area (Å²) in [6.45, 7) is 1.81. The zero-order valence-corrected chi connectivity index (χ0v) is 11.7. The second-order valence-corrected chi connectivity index (χ2v) is 4.82. The molecule has 0 bridgehead atoms. The average molecular weight is 288 g/mol. The summed E-state index contributed by atoms with van der Waals surface area (Å²) in [6.07, 6.45) is 3.05. The highest BCUT2D eigenvalue weighted by Gasteiger charge is 1.99. The predicted octanol–water partition coefficient (Wildman–Crippen LogP) is 4.01. The van der Waals surface area contributed by atoms with Crippen molar-refractivity contribution in [2.75, 3.05) is 5.32 Å². The van der Waals surface area contributed by atoms with Gasteiger partial charge in [0.2, 0.25) is 5.91 Å². The molecule has 0 radical (unpaired) electrons. The number of phenolic OH excluding ortho intramolecular Hbond substituents is 1. The highest BCUT2D eigenvalue weighted by Crippen LogP contribution is 2.18. The van der Waals surface area contributed by atoms with Crippen molar-refractivity contribution in [1.29, 1.82) is 0 Å². The number of hydrogen-bond donors (Lipinski definition) is 2. The zero-order valence-electron chi connectivity index (χ0n) is 10.9. The van der Waals surface area contributed by atoms with Crippen LogP contribution in [0.4, 0.5) is 5.69 Å². The molecule has 2 aromatic rings. The van der Waals surface area contributed by atoms with Crippen LogP contribution in [-0.4, -0.2) is 11.0 Å². The fraction of sp³-hybridized carbons (Fsp3) is 0.0625. The minimum Gasteiger partial charge on any atom is -0.508 e. The number of nitrogens with one attached hydrogen (secondary N) is 1. The number of carbonyl (C=O) groups excluding carboxylic acids is 1. The fourth-order valence-corrected chi connectivity index (χ4v) is 1.84. The van der Waals surface area contributed by atoms with Gasteiger partial charge in [-0.15, -0.1) is 0 Å². The van der Waals surface area contributed by atoms with Crippen LogP contribution in [0.5, 0.6) is 5.75 Å². The van der Waals surface area contributed by atoms with Gasteiger partial charge in [0, 0.05) is 16.8 Å². The Morgan fingerprint density at radius 2 is 2.05 bits per heavy atom. The van der Waals surface area contributed by atoms with E-state index < -0.39 is 0 Å². The number of carbonyl (C=O) groups is 1. The van der Waals surface area contributed by atoms with Crippen molar-refractivity contribution < 1.29 is 9.90 Å². The number of benzene rings is 2. The molecule has 2 aromatic carbocycles. The van der Waals surface area contributed by atoms with Gasteiger partial charge in [-0.1, -0.05) is 29.8 Å². The van der Waals surface area contributed by atoms with Crippen molar-refractivity contribution in [3.05, 3.63) is 64.7 Å². The molecular weight excluding hydrogens is 274 g/mol. The summed E-state index contributed by atoms with van der Waals surface area (Å²) in [4.78, 5) is 11.7. The van der Waals surface area contributed by atoms with Crippen LogP contribution in [-0.2, 0) is 4.79 Å². The topological polar surface area (TPSA) is 49.3 Å². The Balaban J connectivity index is 2.03. The summed E-state index contributed by atoms with van der Waals surface area (Å²) in [7, 11) is 0. The Hall–Kier alpha value is -2.26. The monoisotopic (exact) mass is 287 g/mol. The minimum absolute atomic E-state index is 0.211. The number of rotatable bonds is 3. The molecule has 0 aliphatic heterocycles. The van der Waals surface area contributed by atoms with Crippen molar-refractivity contribution in [1.82, 2.24) is 0 Å². The molecular formula is C16H14ClNO2. The summed E-state index contributed by atoms with van der Waals surface area (Å²) in [5.74, 6) is -0.0465. The smallest absolute Gasteiger partial charge is 0.248 e. The molecule has 0 saturated carbocycles. The molecule has 0 aliphatic carbocycles. The van der Waals surface area contributed by atoms with E-state index in [0.29, 0.717) is 10.7 Å². The number of hydrogen-bond acceptors (Lipinski definition) is 2. The minimum atomic E-state index is -0.257. The standard InChI is InChI=1S/C16H14ClNO2/c1-11-5-6-12(9-15(11)19)7-8-16(20)18-14-4-2-3-13(17)10-14/h2-10,19H,1H3,(H,18,20)/b8-7+. The molecule has 0 fully saturated rings. The van der Waals surface area contributed by atoms with Crippen molar-refractivity contribution in [3.63, 3.8) is 0 Å². The number of halogens is 1. The molecule has 3 nitrogen and oxygen atoms in total. The molecule has 0 spiro atoms. The normalized spacial score (nSPS) is 10.7. The number of aryl methyl sites for hydroxylation is 1. The van der Waals surface area contributed by atoms with Crippen LogP contribution in [0.15, 0.2) is 48.5 Å².